The summed E-state index contributed by atoms with van der Waals surface area (Å²) in [6.07, 6.45) is 1.20. The Kier molecular flexibility index (Phi) is 2.57. The monoisotopic (exact) mass is 278 g/mol. The van der Waals surface area contributed by atoms with E-state index in [4.69, 9.17) is 0 Å². The number of hydrogen-bond donors (Lipinski definition) is 2. The van der Waals surface area contributed by atoms with Crippen LogP contribution in [-0.2, 0) is 17.6 Å². The third kappa shape index (κ3) is 2.00. The van der Waals surface area contributed by atoms with Gasteiger partial charge >= 0.3 is 0 Å². The van der Waals surface area contributed by atoms with Crippen LogP contribution in [0.25, 0.3) is 0 Å². The van der Waals surface area contributed by atoms with E-state index in [0.29, 0.717) is 6.42 Å². The molecular formula is C17H14N2O2. The molecule has 0 spiro atoms. The van der Waals surface area contributed by atoms with E-state index in [1.54, 1.807) is 0 Å². The van der Waals surface area contributed by atoms with Crippen LogP contribution in [0.3, 0.4) is 0 Å². The van der Waals surface area contributed by atoms with Gasteiger partial charge in [0, 0.05) is 11.3 Å². The Morgan fingerprint density at radius 2 is 1.86 bits per heavy atom. The van der Waals surface area contributed by atoms with Crippen molar-refractivity contribution in [3.63, 3.8) is 0 Å². The van der Waals surface area contributed by atoms with E-state index in [1.807, 2.05) is 42.5 Å². The summed E-state index contributed by atoms with van der Waals surface area (Å²) in [4.78, 5) is 23.6. The highest BCUT2D eigenvalue weighted by atomic mass is 16.2. The van der Waals surface area contributed by atoms with E-state index in [2.05, 4.69) is 10.6 Å². The van der Waals surface area contributed by atoms with Gasteiger partial charge in [-0.2, -0.15) is 0 Å². The summed E-state index contributed by atoms with van der Waals surface area (Å²) < 4.78 is 0. The highest BCUT2D eigenvalue weighted by Gasteiger charge is 2.26. The molecule has 2 aromatic carbocycles. The smallest absolute Gasteiger partial charge is 0.252 e. The maximum absolute atomic E-state index is 12.2. The minimum atomic E-state index is -0.0339. The van der Waals surface area contributed by atoms with Crippen LogP contribution >= 0.6 is 0 Å². The highest BCUT2D eigenvalue weighted by molar-refractivity contribution is 5.99. The van der Waals surface area contributed by atoms with Gasteiger partial charge in [0.25, 0.3) is 5.91 Å². The van der Waals surface area contributed by atoms with Crippen molar-refractivity contribution in [3.8, 4) is 0 Å². The average molecular weight is 278 g/mol. The summed E-state index contributed by atoms with van der Waals surface area (Å²) in [6, 6.07) is 13.6. The molecule has 0 aliphatic carbocycles. The van der Waals surface area contributed by atoms with Crippen molar-refractivity contribution < 1.29 is 9.59 Å². The summed E-state index contributed by atoms with van der Waals surface area (Å²) >= 11 is 0. The van der Waals surface area contributed by atoms with Gasteiger partial charge in [-0.25, -0.2) is 0 Å². The molecule has 0 saturated carbocycles. The molecule has 2 aromatic rings. The predicted molar refractivity (Wildman–Crippen MR) is 79.1 cm³/mol. The zero-order chi connectivity index (χ0) is 14.4. The maximum Gasteiger partial charge on any atom is 0.252 e. The molecule has 2 aliphatic heterocycles. The number of fused-ring (bicyclic) bond motifs is 2. The lowest BCUT2D eigenvalue weighted by Crippen LogP contribution is -2.35. The normalized spacial score (nSPS) is 19.5. The average Bonchev–Trinajstić information content (AvgIpc) is 2.86. The number of hydrogen-bond acceptors (Lipinski definition) is 2. The minimum absolute atomic E-state index is 0.0279. The van der Waals surface area contributed by atoms with E-state index >= 15 is 0 Å². The first-order valence-corrected chi connectivity index (χ1v) is 7.02. The maximum atomic E-state index is 12.2. The lowest BCUT2D eigenvalue weighted by molar-refractivity contribution is -0.115. The lowest BCUT2D eigenvalue weighted by Gasteiger charge is -2.26. The Balaban J connectivity index is 1.69. The van der Waals surface area contributed by atoms with Crippen molar-refractivity contribution in [1.82, 2.24) is 5.32 Å². The van der Waals surface area contributed by atoms with Crippen molar-refractivity contribution in [3.05, 3.63) is 64.7 Å². The first-order valence-electron chi connectivity index (χ1n) is 7.02. The van der Waals surface area contributed by atoms with Crippen molar-refractivity contribution in [2.24, 2.45) is 0 Å². The van der Waals surface area contributed by atoms with Gasteiger partial charge in [-0.1, -0.05) is 30.3 Å². The third-order valence-electron chi connectivity index (χ3n) is 4.15. The van der Waals surface area contributed by atoms with E-state index in [9.17, 15) is 9.59 Å². The van der Waals surface area contributed by atoms with Gasteiger partial charge in [-0.3, -0.25) is 9.59 Å². The van der Waals surface area contributed by atoms with E-state index < -0.39 is 0 Å². The van der Waals surface area contributed by atoms with Gasteiger partial charge in [0.2, 0.25) is 5.91 Å². The second-order valence-corrected chi connectivity index (χ2v) is 5.53. The van der Waals surface area contributed by atoms with E-state index in [0.717, 1.165) is 34.4 Å². The topological polar surface area (TPSA) is 58.2 Å². The molecule has 1 atom stereocenters. The van der Waals surface area contributed by atoms with Crippen LogP contribution in [0.2, 0.25) is 0 Å². The Hall–Kier alpha value is -2.62. The Bertz CT molecular complexity index is 767. The van der Waals surface area contributed by atoms with Crippen LogP contribution < -0.4 is 10.6 Å². The van der Waals surface area contributed by atoms with Gasteiger partial charge in [0.15, 0.2) is 0 Å². The predicted octanol–water partition coefficient (Wildman–Crippen LogP) is 2.21. The van der Waals surface area contributed by atoms with Crippen molar-refractivity contribution in [2.75, 3.05) is 5.32 Å². The Morgan fingerprint density at radius 3 is 2.76 bits per heavy atom. The van der Waals surface area contributed by atoms with Crippen LogP contribution in [0.1, 0.15) is 33.1 Å². The molecule has 104 valence electrons. The van der Waals surface area contributed by atoms with Gasteiger partial charge < -0.3 is 10.6 Å². The van der Waals surface area contributed by atoms with Gasteiger partial charge in [0.1, 0.15) is 0 Å². The number of amides is 2. The molecule has 0 aromatic heterocycles. The van der Waals surface area contributed by atoms with Crippen LogP contribution in [0.5, 0.6) is 0 Å². The second kappa shape index (κ2) is 4.45. The quantitative estimate of drug-likeness (QED) is 0.840. The standard InChI is InChI=1S/C17H14N2O2/c20-16-9-12-7-11(5-6-14(12)18-16)15-8-10-3-1-2-4-13(10)17(21)19-15/h1-7,15H,8-9H2,(H,18,20)(H,19,21). The Morgan fingerprint density at radius 1 is 1.00 bits per heavy atom. The Labute approximate surface area is 122 Å². The molecule has 1 unspecified atom stereocenters. The summed E-state index contributed by atoms with van der Waals surface area (Å²) in [5, 5.41) is 5.87. The van der Waals surface area contributed by atoms with Crippen molar-refractivity contribution in [2.45, 2.75) is 18.9 Å². The number of carbonyl (C=O) groups excluding carboxylic acids is 2. The molecular weight excluding hydrogens is 264 g/mol. The summed E-state index contributed by atoms with van der Waals surface area (Å²) in [7, 11) is 0. The molecule has 21 heavy (non-hydrogen) atoms. The van der Waals surface area contributed by atoms with Gasteiger partial charge in [0.05, 0.1) is 12.5 Å². The van der Waals surface area contributed by atoms with Gasteiger partial charge in [-0.15, -0.1) is 0 Å². The molecule has 2 amide bonds. The number of anilines is 1. The number of nitrogens with one attached hydrogen (secondary N) is 2. The molecule has 0 saturated heterocycles. The largest absolute Gasteiger partial charge is 0.345 e. The zero-order valence-electron chi connectivity index (χ0n) is 11.3. The number of benzene rings is 2. The first kappa shape index (κ1) is 12.1. The zero-order valence-corrected chi connectivity index (χ0v) is 11.3. The second-order valence-electron chi connectivity index (χ2n) is 5.53. The van der Waals surface area contributed by atoms with E-state index in [-0.39, 0.29) is 17.9 Å². The summed E-state index contributed by atoms with van der Waals surface area (Å²) in [5.41, 5.74) is 4.76. The summed E-state index contributed by atoms with van der Waals surface area (Å²) in [5.74, 6) is -0.00303. The molecule has 0 radical (unpaired) electrons. The molecule has 2 N–H and O–H groups in total. The molecule has 2 heterocycles. The fourth-order valence-corrected chi connectivity index (χ4v) is 3.09. The van der Waals surface area contributed by atoms with Gasteiger partial charge in [-0.05, 0) is 35.2 Å². The van der Waals surface area contributed by atoms with Crippen molar-refractivity contribution >= 4 is 17.5 Å². The minimum Gasteiger partial charge on any atom is -0.345 e. The summed E-state index contributed by atoms with van der Waals surface area (Å²) in [6.45, 7) is 0. The van der Waals surface area contributed by atoms with Crippen LogP contribution in [0, 0.1) is 0 Å². The SMILES string of the molecule is O=C1Cc2cc(C3Cc4ccccc4C(=O)N3)ccc2N1. The first-order chi connectivity index (χ1) is 10.2. The molecule has 0 fully saturated rings. The fraction of sp³-hybridized carbons (Fsp3) is 0.176. The molecule has 0 bridgehead atoms. The highest BCUT2D eigenvalue weighted by Crippen LogP contribution is 2.30. The molecule has 2 aliphatic rings. The third-order valence-corrected chi connectivity index (χ3v) is 4.15. The number of rotatable bonds is 1. The lowest BCUT2D eigenvalue weighted by atomic mass is 9.90. The number of carbonyl (C=O) groups is 2. The fourth-order valence-electron chi connectivity index (χ4n) is 3.09. The molecule has 4 heteroatoms. The molecule has 4 rings (SSSR count). The van der Waals surface area contributed by atoms with Crippen molar-refractivity contribution in [1.29, 1.82) is 0 Å². The van der Waals surface area contributed by atoms with Crippen LogP contribution in [0.15, 0.2) is 42.5 Å². The van der Waals surface area contributed by atoms with Crippen LogP contribution in [-0.4, -0.2) is 11.8 Å². The van der Waals surface area contributed by atoms with Crippen LogP contribution in [0.4, 0.5) is 5.69 Å². The molecule has 4 nitrogen and oxygen atoms in total. The van der Waals surface area contributed by atoms with E-state index in [1.165, 1.54) is 0 Å².